The van der Waals surface area contributed by atoms with Crippen LogP contribution in [0.1, 0.15) is 15.9 Å². The van der Waals surface area contributed by atoms with Crippen molar-refractivity contribution in [3.63, 3.8) is 0 Å². The third-order valence-electron chi connectivity index (χ3n) is 4.29. The van der Waals surface area contributed by atoms with E-state index in [9.17, 15) is 9.59 Å². The quantitative estimate of drug-likeness (QED) is 0.803. The molecule has 8 heteroatoms. The first-order chi connectivity index (χ1) is 13.0. The molecule has 0 unspecified atom stereocenters. The summed E-state index contributed by atoms with van der Waals surface area (Å²) in [5.74, 6) is 0.280. The van der Waals surface area contributed by atoms with Crippen LogP contribution >= 0.6 is 0 Å². The highest BCUT2D eigenvalue weighted by atomic mass is 16.5. The molecule has 2 N–H and O–H groups in total. The zero-order chi connectivity index (χ0) is 19.6. The summed E-state index contributed by atoms with van der Waals surface area (Å²) in [6.45, 7) is 0.555. The van der Waals surface area contributed by atoms with Crippen LogP contribution in [0.2, 0.25) is 0 Å². The van der Waals surface area contributed by atoms with Crippen LogP contribution in [0.3, 0.4) is 0 Å². The number of hydrogen-bond acceptors (Lipinski definition) is 6. The Kier molecular flexibility index (Phi) is 5.07. The summed E-state index contributed by atoms with van der Waals surface area (Å²) in [5, 5.41) is 11.9. The van der Waals surface area contributed by atoms with E-state index in [4.69, 9.17) is 19.3 Å². The molecule has 2 aromatic rings. The van der Waals surface area contributed by atoms with Crippen LogP contribution in [-0.2, 0) is 11.3 Å². The van der Waals surface area contributed by atoms with E-state index in [0.717, 1.165) is 11.3 Å². The van der Waals surface area contributed by atoms with Gasteiger partial charge >= 0.3 is 5.97 Å². The normalized spacial score (nSPS) is 12.9. The first kappa shape index (κ1) is 18.4. The predicted octanol–water partition coefficient (Wildman–Crippen LogP) is 2.37. The Bertz CT molecular complexity index is 871. The van der Waals surface area contributed by atoms with Gasteiger partial charge in [0.05, 0.1) is 44.8 Å². The van der Waals surface area contributed by atoms with Gasteiger partial charge in [-0.1, -0.05) is 0 Å². The number of amides is 1. The second kappa shape index (κ2) is 7.45. The van der Waals surface area contributed by atoms with Gasteiger partial charge in [0.15, 0.2) is 11.5 Å². The van der Waals surface area contributed by atoms with Gasteiger partial charge < -0.3 is 29.5 Å². The molecular formula is C19H20N2O6. The molecule has 0 aromatic heterocycles. The van der Waals surface area contributed by atoms with Crippen molar-refractivity contribution in [2.75, 3.05) is 38.1 Å². The van der Waals surface area contributed by atoms with Crippen LogP contribution in [0, 0.1) is 0 Å². The molecule has 0 spiro atoms. The number of ether oxygens (including phenoxy) is 3. The molecule has 0 atom stereocenters. The van der Waals surface area contributed by atoms with Gasteiger partial charge in [0.1, 0.15) is 0 Å². The molecule has 0 saturated carbocycles. The summed E-state index contributed by atoms with van der Waals surface area (Å²) in [6.07, 6.45) is 0. The number of anilines is 2. The lowest BCUT2D eigenvalue weighted by Crippen LogP contribution is -2.37. The molecule has 27 heavy (non-hydrogen) atoms. The molecule has 1 aliphatic heterocycles. The van der Waals surface area contributed by atoms with Gasteiger partial charge in [0, 0.05) is 6.54 Å². The fourth-order valence-electron chi connectivity index (χ4n) is 3.08. The van der Waals surface area contributed by atoms with Gasteiger partial charge in [-0.25, -0.2) is 4.79 Å². The minimum absolute atomic E-state index is 0.115. The van der Waals surface area contributed by atoms with Crippen molar-refractivity contribution in [3.05, 3.63) is 41.5 Å². The van der Waals surface area contributed by atoms with Crippen LogP contribution in [0.4, 0.5) is 11.4 Å². The zero-order valence-electron chi connectivity index (χ0n) is 15.2. The highest BCUT2D eigenvalue weighted by Gasteiger charge is 2.24. The number of nitrogens with zero attached hydrogens (tertiary/aromatic N) is 1. The highest BCUT2D eigenvalue weighted by molar-refractivity contribution is 6.03. The van der Waals surface area contributed by atoms with Crippen molar-refractivity contribution in [3.8, 4) is 17.2 Å². The lowest BCUT2D eigenvalue weighted by atomic mass is 10.1. The minimum atomic E-state index is -1.05. The van der Waals surface area contributed by atoms with Crippen LogP contribution in [0.15, 0.2) is 30.3 Å². The first-order valence-corrected chi connectivity index (χ1v) is 8.17. The van der Waals surface area contributed by atoms with E-state index in [0.29, 0.717) is 29.5 Å². The lowest BCUT2D eigenvalue weighted by Gasteiger charge is -2.31. The van der Waals surface area contributed by atoms with E-state index < -0.39 is 5.97 Å². The molecule has 0 radical (unpaired) electrons. The second-order valence-corrected chi connectivity index (χ2v) is 5.97. The molecular weight excluding hydrogens is 352 g/mol. The molecule has 1 aliphatic rings. The summed E-state index contributed by atoms with van der Waals surface area (Å²) < 4.78 is 16.1. The number of carbonyl (C=O) groups excluding carboxylic acids is 1. The fourth-order valence-corrected chi connectivity index (χ4v) is 3.08. The third-order valence-corrected chi connectivity index (χ3v) is 4.29. The molecule has 142 valence electrons. The summed E-state index contributed by atoms with van der Waals surface area (Å²) in [6, 6.07) is 8.30. The van der Waals surface area contributed by atoms with Gasteiger partial charge in [-0.2, -0.15) is 0 Å². The molecule has 2 aromatic carbocycles. The van der Waals surface area contributed by atoms with E-state index in [1.54, 1.807) is 6.07 Å². The number of hydrogen-bond donors (Lipinski definition) is 2. The van der Waals surface area contributed by atoms with Gasteiger partial charge in [-0.15, -0.1) is 0 Å². The number of carboxylic acid groups (broad SMARTS) is 1. The largest absolute Gasteiger partial charge is 0.493 e. The maximum absolute atomic E-state index is 12.1. The topological polar surface area (TPSA) is 97.3 Å². The van der Waals surface area contributed by atoms with E-state index in [1.807, 2.05) is 17.0 Å². The molecule has 0 bridgehead atoms. The number of fused-ring (bicyclic) bond motifs is 1. The van der Waals surface area contributed by atoms with Crippen molar-refractivity contribution in [2.45, 2.75) is 6.54 Å². The Morgan fingerprint density at radius 1 is 1.11 bits per heavy atom. The van der Waals surface area contributed by atoms with Crippen molar-refractivity contribution >= 4 is 23.3 Å². The number of carbonyl (C=O) groups is 2. The van der Waals surface area contributed by atoms with E-state index in [2.05, 4.69) is 5.32 Å². The Hall–Kier alpha value is -3.42. The average molecular weight is 372 g/mol. The number of aromatic carboxylic acids is 1. The molecule has 8 nitrogen and oxygen atoms in total. The second-order valence-electron chi connectivity index (χ2n) is 5.97. The maximum atomic E-state index is 12.1. The zero-order valence-corrected chi connectivity index (χ0v) is 15.2. The molecule has 0 saturated heterocycles. The standard InChI is InChI=1S/C19H20N2O6/c1-25-15-6-11(7-16(26-2)18(15)27-3)9-21-10-17(22)20-13-8-12(19(23)24)4-5-14(13)21/h4-8H,9-10H2,1-3H3,(H,20,22)(H,23,24). The van der Waals surface area contributed by atoms with Crippen LogP contribution in [0.25, 0.3) is 0 Å². The molecule has 1 heterocycles. The van der Waals surface area contributed by atoms with Crippen molar-refractivity contribution < 1.29 is 28.9 Å². The highest BCUT2D eigenvalue weighted by Crippen LogP contribution is 2.39. The molecule has 0 fully saturated rings. The fraction of sp³-hybridized carbons (Fsp3) is 0.263. The Morgan fingerprint density at radius 2 is 1.78 bits per heavy atom. The van der Waals surface area contributed by atoms with Crippen molar-refractivity contribution in [2.24, 2.45) is 0 Å². The van der Waals surface area contributed by atoms with Gasteiger partial charge in [-0.3, -0.25) is 4.79 Å². The Balaban J connectivity index is 1.97. The van der Waals surface area contributed by atoms with E-state index in [-0.39, 0.29) is 18.0 Å². The van der Waals surface area contributed by atoms with E-state index in [1.165, 1.54) is 33.5 Å². The molecule has 0 aliphatic carbocycles. The third kappa shape index (κ3) is 3.59. The summed E-state index contributed by atoms with van der Waals surface area (Å²) in [5.41, 5.74) is 2.18. The average Bonchev–Trinajstić information content (AvgIpc) is 2.66. The lowest BCUT2D eigenvalue weighted by molar-refractivity contribution is -0.115. The maximum Gasteiger partial charge on any atom is 0.335 e. The molecule has 3 rings (SSSR count). The van der Waals surface area contributed by atoms with Crippen molar-refractivity contribution in [1.29, 1.82) is 0 Å². The van der Waals surface area contributed by atoms with E-state index >= 15 is 0 Å². The molecule has 1 amide bonds. The Labute approximate surface area is 156 Å². The Morgan fingerprint density at radius 3 is 2.33 bits per heavy atom. The number of rotatable bonds is 6. The number of benzene rings is 2. The van der Waals surface area contributed by atoms with Gasteiger partial charge in [0.25, 0.3) is 0 Å². The SMILES string of the molecule is COc1cc(CN2CC(=O)Nc3cc(C(=O)O)ccc32)cc(OC)c1OC. The summed E-state index contributed by atoms with van der Waals surface area (Å²) in [7, 11) is 4.61. The number of methoxy groups -OCH3 is 3. The van der Waals surface area contributed by atoms with Crippen molar-refractivity contribution in [1.82, 2.24) is 0 Å². The predicted molar refractivity (Wildman–Crippen MR) is 99.2 cm³/mol. The first-order valence-electron chi connectivity index (χ1n) is 8.17. The smallest absolute Gasteiger partial charge is 0.335 e. The van der Waals surface area contributed by atoms with Crippen LogP contribution in [-0.4, -0.2) is 44.9 Å². The monoisotopic (exact) mass is 372 g/mol. The minimum Gasteiger partial charge on any atom is -0.493 e. The summed E-state index contributed by atoms with van der Waals surface area (Å²) >= 11 is 0. The number of carboxylic acids is 1. The van der Waals surface area contributed by atoms with Crippen LogP contribution < -0.4 is 24.4 Å². The van der Waals surface area contributed by atoms with Crippen LogP contribution in [0.5, 0.6) is 17.2 Å². The number of nitrogens with one attached hydrogen (secondary N) is 1. The summed E-state index contributed by atoms with van der Waals surface area (Å²) in [4.78, 5) is 25.1. The van der Waals surface area contributed by atoms with Gasteiger partial charge in [-0.05, 0) is 35.9 Å². The van der Waals surface area contributed by atoms with Gasteiger partial charge in [0.2, 0.25) is 11.7 Å².